The van der Waals surface area contributed by atoms with Crippen molar-refractivity contribution < 1.29 is 0 Å². The zero-order valence-corrected chi connectivity index (χ0v) is 16.7. The molecule has 0 atom stereocenters. The highest BCUT2D eigenvalue weighted by atomic mass is 15.3. The Kier molecular flexibility index (Phi) is 6.14. The molecule has 5 nitrogen and oxygen atoms in total. The lowest BCUT2D eigenvalue weighted by Gasteiger charge is -2.19. The van der Waals surface area contributed by atoms with Crippen LogP contribution in [0, 0.1) is 0 Å². The van der Waals surface area contributed by atoms with E-state index in [-0.39, 0.29) is 0 Å². The van der Waals surface area contributed by atoms with E-state index < -0.39 is 0 Å². The minimum absolute atomic E-state index is 0.880. The van der Waals surface area contributed by atoms with Gasteiger partial charge < -0.3 is 4.90 Å². The smallest absolute Gasteiger partial charge is 0.0768 e. The first-order valence-corrected chi connectivity index (χ1v) is 10.2. The lowest BCUT2D eigenvalue weighted by Crippen LogP contribution is -2.23. The van der Waals surface area contributed by atoms with Crippen LogP contribution >= 0.6 is 0 Å². The molecule has 0 fully saturated rings. The van der Waals surface area contributed by atoms with Crippen molar-refractivity contribution in [1.82, 2.24) is 24.6 Å². The Hall–Kier alpha value is -2.50. The van der Waals surface area contributed by atoms with Gasteiger partial charge in [0.25, 0.3) is 0 Å². The van der Waals surface area contributed by atoms with Crippen LogP contribution in [0.1, 0.15) is 29.1 Å². The maximum Gasteiger partial charge on any atom is 0.0768 e. The molecule has 0 aliphatic carbocycles. The van der Waals surface area contributed by atoms with E-state index in [1.165, 1.54) is 17.0 Å². The molecular weight excluding hydrogens is 346 g/mol. The number of fused-ring (bicyclic) bond motifs is 1. The monoisotopic (exact) mass is 375 g/mol. The summed E-state index contributed by atoms with van der Waals surface area (Å²) in [7, 11) is 2.16. The Labute approximate surface area is 167 Å². The zero-order valence-electron chi connectivity index (χ0n) is 16.7. The first-order chi connectivity index (χ1) is 13.8. The Bertz CT molecular complexity index is 859. The molecule has 5 heteroatoms. The fraction of sp³-hybridized carbons (Fsp3) is 0.391. The van der Waals surface area contributed by atoms with Crippen molar-refractivity contribution in [2.24, 2.45) is 0 Å². The number of aryl methyl sites for hydroxylation is 1. The van der Waals surface area contributed by atoms with Crippen LogP contribution in [0.15, 0.2) is 60.8 Å². The third-order valence-electron chi connectivity index (χ3n) is 5.30. The molecule has 3 aromatic rings. The van der Waals surface area contributed by atoms with Crippen molar-refractivity contribution >= 4 is 0 Å². The molecule has 1 aliphatic heterocycles. The summed E-state index contributed by atoms with van der Waals surface area (Å²) in [6.45, 7) is 5.98. The second-order valence-electron chi connectivity index (χ2n) is 7.71. The molecule has 0 N–H and O–H groups in total. The van der Waals surface area contributed by atoms with Crippen molar-refractivity contribution in [3.8, 4) is 0 Å². The van der Waals surface area contributed by atoms with Crippen molar-refractivity contribution in [2.75, 3.05) is 20.1 Å². The average Bonchev–Trinajstić information content (AvgIpc) is 2.99. The van der Waals surface area contributed by atoms with Crippen LogP contribution in [0.4, 0.5) is 0 Å². The summed E-state index contributed by atoms with van der Waals surface area (Å²) >= 11 is 0. The summed E-state index contributed by atoms with van der Waals surface area (Å²) in [5, 5.41) is 4.88. The molecule has 3 heterocycles. The third kappa shape index (κ3) is 5.06. The topological polar surface area (TPSA) is 37.2 Å². The Balaban J connectivity index is 1.34. The van der Waals surface area contributed by atoms with E-state index in [9.17, 15) is 0 Å². The number of aromatic nitrogens is 3. The molecule has 28 heavy (non-hydrogen) atoms. The molecule has 4 rings (SSSR count). The summed E-state index contributed by atoms with van der Waals surface area (Å²) in [6.07, 6.45) is 3.98. The van der Waals surface area contributed by atoms with Crippen LogP contribution in [0.25, 0.3) is 0 Å². The number of nitrogens with zero attached hydrogens (tertiary/aromatic N) is 5. The Morgan fingerprint density at radius 3 is 2.68 bits per heavy atom. The Morgan fingerprint density at radius 1 is 1.00 bits per heavy atom. The van der Waals surface area contributed by atoms with Crippen molar-refractivity contribution in [3.63, 3.8) is 0 Å². The van der Waals surface area contributed by atoms with Gasteiger partial charge in [-0.25, -0.2) is 0 Å². The molecule has 0 unspecified atom stereocenters. The minimum Gasteiger partial charge on any atom is -0.300 e. The van der Waals surface area contributed by atoms with E-state index in [0.29, 0.717) is 0 Å². The molecule has 2 aromatic heterocycles. The quantitative estimate of drug-likeness (QED) is 0.635. The molecule has 146 valence electrons. The fourth-order valence-electron chi connectivity index (χ4n) is 3.85. The minimum atomic E-state index is 0.880. The van der Waals surface area contributed by atoms with E-state index in [1.54, 1.807) is 0 Å². The van der Waals surface area contributed by atoms with Crippen molar-refractivity contribution in [2.45, 2.75) is 39.0 Å². The number of benzene rings is 1. The van der Waals surface area contributed by atoms with Gasteiger partial charge >= 0.3 is 0 Å². The molecule has 1 aromatic carbocycles. The highest BCUT2D eigenvalue weighted by molar-refractivity contribution is 5.16. The zero-order chi connectivity index (χ0) is 19.2. The maximum absolute atomic E-state index is 4.88. The van der Waals surface area contributed by atoms with Crippen molar-refractivity contribution in [1.29, 1.82) is 0 Å². The first-order valence-electron chi connectivity index (χ1n) is 10.2. The fourth-order valence-corrected chi connectivity index (χ4v) is 3.85. The van der Waals surface area contributed by atoms with Gasteiger partial charge in [-0.1, -0.05) is 36.4 Å². The maximum atomic E-state index is 4.88. The number of pyridine rings is 1. The van der Waals surface area contributed by atoms with Crippen molar-refractivity contribution in [3.05, 3.63) is 83.4 Å². The van der Waals surface area contributed by atoms with E-state index in [1.807, 2.05) is 12.3 Å². The van der Waals surface area contributed by atoms with Gasteiger partial charge in [0.1, 0.15) is 0 Å². The normalized spacial score (nSPS) is 14.8. The molecule has 0 saturated heterocycles. The number of likely N-dealkylation sites (N-methyl/N-ethyl adjacent to an activating group) is 1. The standard InChI is InChI=1S/C23H29N5/c1-26(15-11-21-10-5-6-12-24-21)18-22-16-23-19-27(13-7-14-28(23)25-22)17-20-8-3-2-4-9-20/h2-6,8-10,12,16H,7,11,13-15,17-19H2,1H3. The Morgan fingerprint density at radius 2 is 1.86 bits per heavy atom. The SMILES string of the molecule is CN(CCc1ccccn1)Cc1cc2n(n1)CCCN(Cc1ccccc1)C2. The average molecular weight is 376 g/mol. The lowest BCUT2D eigenvalue weighted by molar-refractivity contribution is 0.261. The van der Waals surface area contributed by atoms with E-state index in [4.69, 9.17) is 5.10 Å². The van der Waals surface area contributed by atoms with Crippen LogP contribution in [-0.4, -0.2) is 44.7 Å². The molecular formula is C23H29N5. The molecule has 0 radical (unpaired) electrons. The van der Waals surface area contributed by atoms with Crippen LogP contribution in [-0.2, 0) is 32.6 Å². The van der Waals surface area contributed by atoms with Gasteiger partial charge in [-0.15, -0.1) is 0 Å². The van der Waals surface area contributed by atoms with Crippen LogP contribution < -0.4 is 0 Å². The van der Waals surface area contributed by atoms with Gasteiger partial charge in [0.2, 0.25) is 0 Å². The molecule has 0 amide bonds. The van der Waals surface area contributed by atoms with Gasteiger partial charge in [0.05, 0.1) is 11.4 Å². The number of hydrogen-bond acceptors (Lipinski definition) is 4. The second kappa shape index (κ2) is 9.13. The van der Waals surface area contributed by atoms with Gasteiger partial charge in [-0.05, 0) is 37.2 Å². The van der Waals surface area contributed by atoms with Crippen LogP contribution in [0.5, 0.6) is 0 Å². The van der Waals surface area contributed by atoms with Gasteiger partial charge in [-0.3, -0.25) is 14.6 Å². The van der Waals surface area contributed by atoms with Crippen LogP contribution in [0.2, 0.25) is 0 Å². The van der Waals surface area contributed by atoms with Gasteiger partial charge in [0.15, 0.2) is 0 Å². The third-order valence-corrected chi connectivity index (χ3v) is 5.30. The van der Waals surface area contributed by atoms with Gasteiger partial charge in [0, 0.05) is 57.6 Å². The second-order valence-corrected chi connectivity index (χ2v) is 7.71. The summed E-state index contributed by atoms with van der Waals surface area (Å²) in [6, 6.07) is 19.1. The number of hydrogen-bond donors (Lipinski definition) is 0. The van der Waals surface area contributed by atoms with E-state index >= 15 is 0 Å². The largest absolute Gasteiger partial charge is 0.300 e. The predicted octanol–water partition coefficient (Wildman–Crippen LogP) is 3.36. The predicted molar refractivity (Wildman–Crippen MR) is 112 cm³/mol. The molecule has 0 spiro atoms. The first kappa shape index (κ1) is 18.8. The van der Waals surface area contributed by atoms with E-state index in [2.05, 4.69) is 75.0 Å². The highest BCUT2D eigenvalue weighted by Crippen LogP contribution is 2.17. The van der Waals surface area contributed by atoms with E-state index in [0.717, 1.165) is 57.8 Å². The summed E-state index contributed by atoms with van der Waals surface area (Å²) in [4.78, 5) is 9.28. The van der Waals surface area contributed by atoms with Gasteiger partial charge in [-0.2, -0.15) is 5.10 Å². The number of rotatable bonds is 7. The summed E-state index contributed by atoms with van der Waals surface area (Å²) < 4.78 is 2.22. The summed E-state index contributed by atoms with van der Waals surface area (Å²) in [5.41, 5.74) is 5.03. The lowest BCUT2D eigenvalue weighted by atomic mass is 10.2. The molecule has 0 bridgehead atoms. The molecule has 1 aliphatic rings. The van der Waals surface area contributed by atoms with Crippen LogP contribution in [0.3, 0.4) is 0 Å². The summed E-state index contributed by atoms with van der Waals surface area (Å²) in [5.74, 6) is 0. The highest BCUT2D eigenvalue weighted by Gasteiger charge is 2.17. The molecule has 0 saturated carbocycles.